The molecule has 3 saturated heterocycles. The third-order valence-corrected chi connectivity index (χ3v) is 17.1. The first-order chi connectivity index (χ1) is 34.3. The lowest BCUT2D eigenvalue weighted by atomic mass is 9.60. The van der Waals surface area contributed by atoms with Gasteiger partial charge in [-0.05, 0) is 153 Å². The maximum Gasteiger partial charge on any atom is 0.319 e. The number of aliphatic hydroxyl groups is 1. The van der Waals surface area contributed by atoms with Crippen molar-refractivity contribution in [3.63, 3.8) is 0 Å². The van der Waals surface area contributed by atoms with Crippen molar-refractivity contribution in [3.8, 4) is 23.0 Å². The minimum atomic E-state index is -0.978. The number of nitrogens with zero attached hydrogens (tertiary/aromatic N) is 7. The minimum Gasteiger partial charge on any atom is -0.508 e. The third-order valence-electron chi connectivity index (χ3n) is 17.1. The third kappa shape index (κ3) is 8.08. The number of nitrogens with one attached hydrogen (secondary N) is 1. The summed E-state index contributed by atoms with van der Waals surface area (Å²) in [6, 6.07) is 9.12. The van der Waals surface area contributed by atoms with Crippen molar-refractivity contribution < 1.29 is 42.9 Å². The highest BCUT2D eigenvalue weighted by Gasteiger charge is 2.52. The van der Waals surface area contributed by atoms with Crippen molar-refractivity contribution in [2.45, 2.75) is 109 Å². The summed E-state index contributed by atoms with van der Waals surface area (Å²) in [4.78, 5) is 73.7. The van der Waals surface area contributed by atoms with Crippen LogP contribution >= 0.6 is 0 Å². The molecule has 3 N–H and O–H groups in total. The number of anilines is 1. The molecule has 2 aliphatic carbocycles. The molecule has 1 unspecified atom stereocenters. The average molecular weight is 969 g/mol. The van der Waals surface area contributed by atoms with Crippen LogP contribution < -0.4 is 15.0 Å². The Morgan fingerprint density at radius 3 is 2.34 bits per heavy atom. The van der Waals surface area contributed by atoms with Gasteiger partial charge in [0.15, 0.2) is 5.82 Å². The Kier molecular flexibility index (Phi) is 11.4. The number of aliphatic hydroxyl groups excluding tert-OH is 1. The number of fused-ring (bicyclic) bond motifs is 4. The first-order valence-corrected chi connectivity index (χ1v) is 25.5. The highest BCUT2D eigenvalue weighted by Crippen LogP contribution is 2.54. The maximum absolute atomic E-state index is 17.2. The topological polar surface area (TPSA) is 182 Å². The van der Waals surface area contributed by atoms with E-state index < -0.39 is 41.3 Å². The number of likely N-dealkylation sites (tertiary alicyclic amines) is 1. The second-order valence-corrected chi connectivity index (χ2v) is 21.6. The summed E-state index contributed by atoms with van der Waals surface area (Å²) < 4.78 is 38.9. The molecule has 0 radical (unpaired) electrons. The lowest BCUT2D eigenvalue weighted by molar-refractivity contribution is -0.136. The maximum atomic E-state index is 17.2. The van der Waals surface area contributed by atoms with E-state index >= 15 is 8.78 Å². The van der Waals surface area contributed by atoms with Gasteiger partial charge in [-0.1, -0.05) is 13.0 Å². The molecular formula is C54H58F2N8O7. The largest absolute Gasteiger partial charge is 0.508 e. The van der Waals surface area contributed by atoms with Gasteiger partial charge in [-0.15, -0.1) is 0 Å². The van der Waals surface area contributed by atoms with Crippen LogP contribution in [-0.4, -0.2) is 122 Å². The van der Waals surface area contributed by atoms with Gasteiger partial charge < -0.3 is 24.7 Å². The molecule has 1 spiro atoms. The van der Waals surface area contributed by atoms with E-state index in [2.05, 4.69) is 25.0 Å². The molecule has 370 valence electrons. The molecule has 7 heterocycles. The van der Waals surface area contributed by atoms with Gasteiger partial charge in [-0.2, -0.15) is 9.97 Å². The lowest BCUT2D eigenvalue weighted by Gasteiger charge is -2.55. The van der Waals surface area contributed by atoms with Crippen LogP contribution in [-0.2, 0) is 29.1 Å². The summed E-state index contributed by atoms with van der Waals surface area (Å²) in [5.74, 6) is -2.37. The molecule has 3 aromatic carbocycles. The molecule has 2 saturated carbocycles. The van der Waals surface area contributed by atoms with Crippen molar-refractivity contribution >= 4 is 51.1 Å². The standard InChI is InChI=1S/C54H58F2N8O7/c1-2-36-41(55)6-5-31-18-35(66)21-39(44(31)36)46-45(56)47-40(24-57-46)48(62-14-3-4-30(25-62)9-17-65)60-52(59-47)71-29-54(10-11-54)28-61-15-12-53(13-16-61)22-34(23-53)63-26-32-19-37-38(20-33(32)27-63)51(70)64(50(37)69)42-7-8-43(67)58-49(42)68/h5-6,18-21,24,30,34,42,65-66H,2-4,7-17,22-23,25-29H2,1H3,(H,58,67,68)/t30-,42?/m1/s1. The molecule has 71 heavy (non-hydrogen) atoms. The number of carbonyl (C=O) groups is 4. The number of aromatic hydroxyl groups is 1. The van der Waals surface area contributed by atoms with Crippen LogP contribution in [0.4, 0.5) is 14.6 Å². The van der Waals surface area contributed by atoms with Crippen LogP contribution in [0.2, 0.25) is 0 Å². The summed E-state index contributed by atoms with van der Waals surface area (Å²) in [6.07, 6.45) is 11.1. The summed E-state index contributed by atoms with van der Waals surface area (Å²) in [6.45, 7) is 7.93. The number of pyridine rings is 1. The molecule has 5 aliphatic heterocycles. The molecule has 0 bridgehead atoms. The molecule has 7 aliphatic rings. The van der Waals surface area contributed by atoms with Gasteiger partial charge in [-0.25, -0.2) is 8.78 Å². The molecule has 5 aromatic rings. The van der Waals surface area contributed by atoms with E-state index in [1.54, 1.807) is 18.3 Å². The van der Waals surface area contributed by atoms with Crippen LogP contribution in [0, 0.1) is 28.4 Å². The zero-order valence-electron chi connectivity index (χ0n) is 39.9. The van der Waals surface area contributed by atoms with E-state index in [-0.39, 0.29) is 64.7 Å². The Morgan fingerprint density at radius 1 is 0.901 bits per heavy atom. The van der Waals surface area contributed by atoms with E-state index in [9.17, 15) is 29.4 Å². The number of imide groups is 2. The number of rotatable bonds is 12. The Labute approximate surface area is 409 Å². The van der Waals surface area contributed by atoms with E-state index in [0.717, 1.165) is 87.0 Å². The molecule has 2 atom stereocenters. The van der Waals surface area contributed by atoms with Gasteiger partial charge in [-0.3, -0.25) is 39.3 Å². The van der Waals surface area contributed by atoms with Gasteiger partial charge in [0, 0.05) is 69.0 Å². The number of halogens is 2. The van der Waals surface area contributed by atoms with Crippen molar-refractivity contribution in [1.82, 2.24) is 35.0 Å². The Balaban J connectivity index is 0.712. The molecule has 2 aromatic heterocycles. The van der Waals surface area contributed by atoms with E-state index in [0.29, 0.717) is 90.3 Å². The van der Waals surface area contributed by atoms with E-state index in [1.165, 1.54) is 12.1 Å². The number of ether oxygens (including phenoxy) is 1. The summed E-state index contributed by atoms with van der Waals surface area (Å²) >= 11 is 0. The normalized spacial score (nSPS) is 23.2. The van der Waals surface area contributed by atoms with Crippen molar-refractivity contribution in [2.24, 2.45) is 16.7 Å². The Morgan fingerprint density at radius 2 is 1.65 bits per heavy atom. The highest BCUT2D eigenvalue weighted by molar-refractivity contribution is 6.23. The van der Waals surface area contributed by atoms with Gasteiger partial charge in [0.25, 0.3) is 11.8 Å². The zero-order valence-corrected chi connectivity index (χ0v) is 39.9. The van der Waals surface area contributed by atoms with Crippen molar-refractivity contribution in [2.75, 3.05) is 50.8 Å². The van der Waals surface area contributed by atoms with E-state index in [1.807, 2.05) is 19.1 Å². The Hall–Kier alpha value is -6.17. The number of hydrogen-bond acceptors (Lipinski definition) is 13. The predicted octanol–water partition coefficient (Wildman–Crippen LogP) is 6.81. The number of hydrogen-bond donors (Lipinski definition) is 3. The number of phenols is 1. The van der Waals surface area contributed by atoms with Gasteiger partial charge in [0.05, 0.1) is 23.1 Å². The fourth-order valence-corrected chi connectivity index (χ4v) is 12.9. The fraction of sp³-hybridized carbons (Fsp3) is 0.500. The quantitative estimate of drug-likeness (QED) is 0.111. The second-order valence-electron chi connectivity index (χ2n) is 21.6. The number of piperidine rings is 3. The van der Waals surface area contributed by atoms with Crippen LogP contribution in [0.15, 0.2) is 42.6 Å². The molecular weight excluding hydrogens is 911 g/mol. The average Bonchev–Trinajstić information content (AvgIpc) is 3.92. The van der Waals surface area contributed by atoms with Crippen molar-refractivity contribution in [1.29, 1.82) is 0 Å². The lowest BCUT2D eigenvalue weighted by Crippen LogP contribution is -2.54. The molecule has 17 heteroatoms. The number of aromatic nitrogens is 3. The van der Waals surface area contributed by atoms with Gasteiger partial charge >= 0.3 is 6.01 Å². The predicted molar refractivity (Wildman–Crippen MR) is 259 cm³/mol. The molecule has 12 rings (SSSR count). The van der Waals surface area contributed by atoms with Crippen LogP contribution in [0.5, 0.6) is 11.8 Å². The zero-order chi connectivity index (χ0) is 48.9. The summed E-state index contributed by atoms with van der Waals surface area (Å²) in [7, 11) is 0. The summed E-state index contributed by atoms with van der Waals surface area (Å²) in [5, 5.41) is 24.3. The smallest absolute Gasteiger partial charge is 0.319 e. The van der Waals surface area contributed by atoms with Gasteiger partial charge in [0.1, 0.15) is 34.6 Å². The van der Waals surface area contributed by atoms with E-state index in [4.69, 9.17) is 14.7 Å². The first kappa shape index (κ1) is 45.9. The van der Waals surface area contributed by atoms with Crippen molar-refractivity contribution in [3.05, 3.63) is 82.0 Å². The number of benzene rings is 3. The van der Waals surface area contributed by atoms with Crippen LogP contribution in [0.3, 0.4) is 0 Å². The monoisotopic (exact) mass is 968 g/mol. The number of carbonyl (C=O) groups excluding carboxylic acids is 4. The van der Waals surface area contributed by atoms with Crippen LogP contribution in [0.1, 0.15) is 115 Å². The fourth-order valence-electron chi connectivity index (χ4n) is 12.9. The number of aryl methyl sites for hydroxylation is 1. The summed E-state index contributed by atoms with van der Waals surface area (Å²) in [5.41, 5.74) is 3.66. The second kappa shape index (κ2) is 17.5. The Bertz CT molecular complexity index is 3010. The number of phenolic OH excluding ortho intramolecular Hbond substituents is 1. The molecule has 15 nitrogen and oxygen atoms in total. The first-order valence-electron chi connectivity index (χ1n) is 25.5. The minimum absolute atomic E-state index is 0.0419. The number of amides is 4. The highest BCUT2D eigenvalue weighted by atomic mass is 19.1. The SMILES string of the molecule is CCc1c(F)ccc2cc(O)cc(-c3ncc4c(N5CCC[C@H](CCO)C5)nc(OCC5(CN6CCC7(CC6)CC(N6Cc8cc9c(cc8C6)C(=O)N(C6CCC(=O)NC6=O)C9=O)C7)CC5)nc4c3F)c12. The van der Waals surface area contributed by atoms with Crippen LogP contribution in [0.25, 0.3) is 32.9 Å². The van der Waals surface area contributed by atoms with Gasteiger partial charge in [0.2, 0.25) is 11.8 Å². The molecule has 5 fully saturated rings. The molecule has 4 amide bonds.